The van der Waals surface area contributed by atoms with Crippen LogP contribution in [0.1, 0.15) is 11.1 Å². The second kappa shape index (κ2) is 5.49. The molecule has 0 saturated heterocycles. The van der Waals surface area contributed by atoms with Gasteiger partial charge in [-0.15, -0.1) is 15.7 Å². The molecule has 0 aliphatic rings. The summed E-state index contributed by atoms with van der Waals surface area (Å²) in [7, 11) is -1.91. The average Bonchev–Trinajstić information content (AvgIpc) is 2.97. The summed E-state index contributed by atoms with van der Waals surface area (Å²) in [6.07, 6.45) is 0. The zero-order chi connectivity index (χ0) is 16.1. The zero-order valence-corrected chi connectivity index (χ0v) is 15.3. The molecule has 2 heterocycles. The molecule has 4 nitrogen and oxygen atoms in total. The lowest BCUT2D eigenvalue weighted by Crippen LogP contribution is -2.13. The van der Waals surface area contributed by atoms with Crippen molar-refractivity contribution in [3.8, 4) is 0 Å². The Bertz CT molecular complexity index is 1040. The van der Waals surface area contributed by atoms with Crippen LogP contribution in [-0.2, 0) is 17.1 Å². The van der Waals surface area contributed by atoms with Crippen LogP contribution in [0.3, 0.4) is 0 Å². The first-order chi connectivity index (χ1) is 10.3. The summed E-state index contributed by atoms with van der Waals surface area (Å²) in [6, 6.07) is 7.16. The molecule has 0 saturated carbocycles. The number of sulfonamides is 1. The highest BCUT2D eigenvalue weighted by Gasteiger charge is 2.16. The van der Waals surface area contributed by atoms with Crippen LogP contribution < -0.4 is 4.80 Å². The minimum atomic E-state index is -3.74. The van der Waals surface area contributed by atoms with Gasteiger partial charge in [-0.25, -0.2) is 0 Å². The Morgan fingerprint density at radius 3 is 2.55 bits per heavy atom. The number of rotatable bonds is 2. The van der Waals surface area contributed by atoms with Crippen LogP contribution in [-0.4, -0.2) is 13.0 Å². The number of benzene rings is 1. The third-order valence-electron chi connectivity index (χ3n) is 3.24. The highest BCUT2D eigenvalue weighted by molar-refractivity contribution is 7.92. The molecule has 0 fully saturated rings. The van der Waals surface area contributed by atoms with Gasteiger partial charge in [0.2, 0.25) is 4.80 Å². The SMILES string of the molecule is Cc1cc(C)c2sc(=NS(=O)(=O)c3ccc(Cl)s3)n(C)c2c1. The van der Waals surface area contributed by atoms with E-state index in [1.165, 1.54) is 17.4 Å². The molecule has 0 radical (unpaired) electrons. The van der Waals surface area contributed by atoms with Gasteiger partial charge in [-0.05, 0) is 43.2 Å². The smallest absolute Gasteiger partial charge is 0.294 e. The van der Waals surface area contributed by atoms with Crippen molar-refractivity contribution >= 4 is 54.5 Å². The Labute approximate surface area is 141 Å². The molecule has 3 aromatic rings. The summed E-state index contributed by atoms with van der Waals surface area (Å²) in [6.45, 7) is 4.04. The van der Waals surface area contributed by atoms with Gasteiger partial charge in [-0.2, -0.15) is 8.42 Å². The number of halogens is 1. The van der Waals surface area contributed by atoms with Crippen molar-refractivity contribution in [1.82, 2.24) is 4.57 Å². The molecule has 3 rings (SSSR count). The van der Waals surface area contributed by atoms with E-state index < -0.39 is 10.0 Å². The van der Waals surface area contributed by atoms with E-state index in [-0.39, 0.29) is 4.21 Å². The van der Waals surface area contributed by atoms with E-state index in [9.17, 15) is 8.42 Å². The molecule has 0 N–H and O–H groups in total. The number of fused-ring (bicyclic) bond motifs is 1. The Kier molecular flexibility index (Phi) is 3.92. The second-order valence-corrected chi connectivity index (χ2v) is 9.52. The first kappa shape index (κ1) is 15.7. The number of hydrogen-bond acceptors (Lipinski definition) is 4. The summed E-state index contributed by atoms with van der Waals surface area (Å²) in [5, 5.41) is 0. The van der Waals surface area contributed by atoms with Gasteiger partial charge in [0.25, 0.3) is 10.0 Å². The summed E-state index contributed by atoms with van der Waals surface area (Å²) in [5.74, 6) is 0. The maximum Gasteiger partial charge on any atom is 0.294 e. The molecule has 0 aliphatic carbocycles. The van der Waals surface area contributed by atoms with Crippen molar-refractivity contribution in [3.63, 3.8) is 0 Å². The second-order valence-electron chi connectivity index (χ2n) is 5.00. The minimum absolute atomic E-state index is 0.155. The highest BCUT2D eigenvalue weighted by atomic mass is 35.5. The van der Waals surface area contributed by atoms with Gasteiger partial charge in [-0.3, -0.25) is 0 Å². The van der Waals surface area contributed by atoms with Crippen LogP contribution in [0, 0.1) is 13.8 Å². The summed E-state index contributed by atoms with van der Waals surface area (Å²) >= 11 is 8.20. The molecule has 0 spiro atoms. The van der Waals surface area contributed by atoms with E-state index in [1.54, 1.807) is 6.07 Å². The number of thiazole rings is 1. The predicted molar refractivity (Wildman–Crippen MR) is 92.3 cm³/mol. The normalized spacial score (nSPS) is 13.2. The van der Waals surface area contributed by atoms with E-state index in [0.29, 0.717) is 9.14 Å². The predicted octanol–water partition coefficient (Wildman–Crippen LogP) is 3.86. The first-order valence-corrected chi connectivity index (χ1v) is 9.86. The van der Waals surface area contributed by atoms with Crippen LogP contribution in [0.2, 0.25) is 4.34 Å². The zero-order valence-electron chi connectivity index (χ0n) is 12.1. The van der Waals surface area contributed by atoms with E-state index in [4.69, 9.17) is 11.6 Å². The molecule has 0 bridgehead atoms. The molecule has 2 aromatic heterocycles. The molecule has 116 valence electrons. The van der Waals surface area contributed by atoms with Crippen molar-refractivity contribution in [3.05, 3.63) is 44.5 Å². The Hall–Kier alpha value is -1.15. The molecular weight excluding hydrogens is 360 g/mol. The summed E-state index contributed by atoms with van der Waals surface area (Å²) in [5.41, 5.74) is 3.24. The van der Waals surface area contributed by atoms with Crippen LogP contribution in [0.4, 0.5) is 0 Å². The molecular formula is C14H13ClN2O2S3. The number of aromatic nitrogens is 1. The lowest BCUT2D eigenvalue weighted by Gasteiger charge is -2.00. The van der Waals surface area contributed by atoms with Crippen molar-refractivity contribution in [2.45, 2.75) is 18.1 Å². The van der Waals surface area contributed by atoms with E-state index >= 15 is 0 Å². The third-order valence-corrected chi connectivity index (χ3v) is 7.61. The lowest BCUT2D eigenvalue weighted by atomic mass is 10.1. The van der Waals surface area contributed by atoms with Gasteiger partial charge in [0, 0.05) is 7.05 Å². The maximum absolute atomic E-state index is 12.4. The largest absolute Gasteiger partial charge is 0.319 e. The van der Waals surface area contributed by atoms with Crippen molar-refractivity contribution < 1.29 is 8.42 Å². The fourth-order valence-electron chi connectivity index (χ4n) is 2.24. The standard InChI is InChI=1S/C14H13ClN2O2S3/c1-8-6-9(2)13-10(7-8)17(3)14(21-13)16-22(18,19)12-5-4-11(15)20-12/h4-7H,1-3H3. The van der Waals surface area contributed by atoms with Gasteiger partial charge >= 0.3 is 0 Å². The monoisotopic (exact) mass is 372 g/mol. The Morgan fingerprint density at radius 1 is 1.18 bits per heavy atom. The molecule has 0 atom stereocenters. The fraction of sp³-hybridized carbons (Fsp3) is 0.214. The summed E-state index contributed by atoms with van der Waals surface area (Å²) in [4.78, 5) is 0.452. The van der Waals surface area contributed by atoms with Crippen molar-refractivity contribution in [2.24, 2.45) is 11.4 Å². The van der Waals surface area contributed by atoms with Crippen LogP contribution in [0.15, 0.2) is 32.9 Å². The number of thiophene rings is 1. The van der Waals surface area contributed by atoms with Crippen molar-refractivity contribution in [2.75, 3.05) is 0 Å². The lowest BCUT2D eigenvalue weighted by molar-refractivity contribution is 0.598. The minimum Gasteiger partial charge on any atom is -0.319 e. The Balaban J connectivity index is 2.26. The van der Waals surface area contributed by atoms with E-state index in [1.807, 2.05) is 31.5 Å². The van der Waals surface area contributed by atoms with Gasteiger partial charge in [-0.1, -0.05) is 29.0 Å². The van der Waals surface area contributed by atoms with Crippen LogP contribution >= 0.6 is 34.3 Å². The average molecular weight is 373 g/mol. The summed E-state index contributed by atoms with van der Waals surface area (Å²) < 4.78 is 32.2. The third kappa shape index (κ3) is 2.74. The van der Waals surface area contributed by atoms with Gasteiger partial charge in [0.15, 0.2) is 0 Å². The van der Waals surface area contributed by atoms with E-state index in [2.05, 4.69) is 10.5 Å². The topological polar surface area (TPSA) is 51.4 Å². The van der Waals surface area contributed by atoms with Crippen LogP contribution in [0.5, 0.6) is 0 Å². The Morgan fingerprint density at radius 2 is 1.91 bits per heavy atom. The fourth-order valence-corrected chi connectivity index (χ4v) is 6.00. The number of hydrogen-bond donors (Lipinski definition) is 0. The molecule has 0 unspecified atom stereocenters. The van der Waals surface area contributed by atoms with Crippen molar-refractivity contribution in [1.29, 1.82) is 0 Å². The molecule has 8 heteroatoms. The molecule has 22 heavy (non-hydrogen) atoms. The molecule has 0 aliphatic heterocycles. The number of nitrogens with zero attached hydrogens (tertiary/aromatic N) is 2. The molecule has 1 aromatic carbocycles. The maximum atomic E-state index is 12.4. The number of aryl methyl sites for hydroxylation is 3. The first-order valence-electron chi connectivity index (χ1n) is 6.41. The van der Waals surface area contributed by atoms with Gasteiger partial charge in [0.1, 0.15) is 4.21 Å². The van der Waals surface area contributed by atoms with Gasteiger partial charge < -0.3 is 4.57 Å². The molecule has 0 amide bonds. The van der Waals surface area contributed by atoms with Crippen LogP contribution in [0.25, 0.3) is 10.2 Å². The van der Waals surface area contributed by atoms with Gasteiger partial charge in [0.05, 0.1) is 14.6 Å². The highest BCUT2D eigenvalue weighted by Crippen LogP contribution is 2.27. The quantitative estimate of drug-likeness (QED) is 0.685. The van der Waals surface area contributed by atoms with E-state index in [0.717, 1.165) is 32.7 Å².